The minimum atomic E-state index is -0.387. The molecular formula is C25H26N4O3. The van der Waals surface area contributed by atoms with Crippen molar-refractivity contribution in [1.82, 2.24) is 14.9 Å². The number of aromatic nitrogens is 3. The summed E-state index contributed by atoms with van der Waals surface area (Å²) in [7, 11) is 0. The summed E-state index contributed by atoms with van der Waals surface area (Å²) < 4.78 is 13.0. The van der Waals surface area contributed by atoms with Crippen molar-refractivity contribution in [1.29, 1.82) is 0 Å². The van der Waals surface area contributed by atoms with Crippen LogP contribution in [0.15, 0.2) is 59.3 Å². The number of benzene rings is 2. The number of hydrogen-bond acceptors (Lipinski definition) is 5. The number of rotatable bonds is 7. The Morgan fingerprint density at radius 2 is 1.78 bits per heavy atom. The molecule has 2 aromatic carbocycles. The molecule has 0 saturated heterocycles. The zero-order valence-corrected chi connectivity index (χ0v) is 18.7. The Labute approximate surface area is 187 Å². The maximum absolute atomic E-state index is 12.8. The van der Waals surface area contributed by atoms with Crippen molar-refractivity contribution in [3.8, 4) is 5.75 Å². The molecule has 1 amide bonds. The van der Waals surface area contributed by atoms with Crippen LogP contribution in [-0.2, 0) is 13.2 Å². The second kappa shape index (κ2) is 9.09. The summed E-state index contributed by atoms with van der Waals surface area (Å²) in [6.45, 7) is 8.64. The summed E-state index contributed by atoms with van der Waals surface area (Å²) in [5, 5.41) is 11.2. The molecule has 32 heavy (non-hydrogen) atoms. The fourth-order valence-electron chi connectivity index (χ4n) is 3.42. The second-order valence-corrected chi connectivity index (χ2v) is 7.96. The molecule has 0 aliphatic rings. The molecule has 7 nitrogen and oxygen atoms in total. The van der Waals surface area contributed by atoms with Gasteiger partial charge in [-0.2, -0.15) is 5.10 Å². The van der Waals surface area contributed by atoms with E-state index in [0.717, 1.165) is 22.4 Å². The van der Waals surface area contributed by atoms with Crippen LogP contribution >= 0.6 is 0 Å². The maximum atomic E-state index is 12.8. The van der Waals surface area contributed by atoms with Crippen LogP contribution in [0, 0.1) is 27.7 Å². The average molecular weight is 431 g/mol. The van der Waals surface area contributed by atoms with Gasteiger partial charge in [0.15, 0.2) is 11.5 Å². The van der Waals surface area contributed by atoms with Gasteiger partial charge in [0, 0.05) is 12.3 Å². The van der Waals surface area contributed by atoms with E-state index in [1.807, 2.05) is 32.2 Å². The number of aryl methyl sites for hydroxylation is 4. The van der Waals surface area contributed by atoms with Crippen LogP contribution < -0.4 is 10.1 Å². The molecule has 0 atom stereocenters. The summed E-state index contributed by atoms with van der Waals surface area (Å²) in [6, 6.07) is 16.0. The third-order valence-corrected chi connectivity index (χ3v) is 5.25. The fraction of sp³-hybridized carbons (Fsp3) is 0.240. The van der Waals surface area contributed by atoms with Gasteiger partial charge in [0.1, 0.15) is 18.1 Å². The van der Waals surface area contributed by atoms with E-state index in [2.05, 4.69) is 52.8 Å². The number of carbonyl (C=O) groups excluding carboxylic acids is 1. The van der Waals surface area contributed by atoms with Crippen molar-refractivity contribution in [3.05, 3.63) is 94.0 Å². The van der Waals surface area contributed by atoms with E-state index >= 15 is 0 Å². The van der Waals surface area contributed by atoms with E-state index in [-0.39, 0.29) is 18.2 Å². The van der Waals surface area contributed by atoms with Gasteiger partial charge in [-0.3, -0.25) is 9.48 Å². The first kappa shape index (κ1) is 21.4. The third kappa shape index (κ3) is 4.88. The van der Waals surface area contributed by atoms with Crippen molar-refractivity contribution in [2.24, 2.45) is 0 Å². The van der Waals surface area contributed by atoms with E-state index in [9.17, 15) is 4.79 Å². The third-order valence-electron chi connectivity index (χ3n) is 5.25. The van der Waals surface area contributed by atoms with Gasteiger partial charge in [-0.25, -0.2) is 0 Å². The highest BCUT2D eigenvalue weighted by atomic mass is 16.5. The summed E-state index contributed by atoms with van der Waals surface area (Å²) in [5.41, 5.74) is 5.35. The minimum absolute atomic E-state index is 0.184. The maximum Gasteiger partial charge on any atom is 0.279 e. The highest BCUT2D eigenvalue weighted by molar-refractivity contribution is 6.03. The van der Waals surface area contributed by atoms with E-state index in [4.69, 9.17) is 9.26 Å². The predicted molar refractivity (Wildman–Crippen MR) is 122 cm³/mol. The molecule has 164 valence electrons. The largest absolute Gasteiger partial charge is 0.488 e. The highest BCUT2D eigenvalue weighted by Crippen LogP contribution is 2.22. The van der Waals surface area contributed by atoms with Gasteiger partial charge < -0.3 is 14.6 Å². The van der Waals surface area contributed by atoms with Crippen LogP contribution in [0.25, 0.3) is 0 Å². The lowest BCUT2D eigenvalue weighted by Gasteiger charge is -2.10. The molecule has 2 heterocycles. The van der Waals surface area contributed by atoms with Crippen molar-refractivity contribution in [3.63, 3.8) is 0 Å². The first-order chi connectivity index (χ1) is 15.4. The lowest BCUT2D eigenvalue weighted by molar-refractivity contribution is 0.101. The van der Waals surface area contributed by atoms with Gasteiger partial charge in [-0.15, -0.1) is 0 Å². The zero-order valence-electron chi connectivity index (χ0n) is 18.7. The predicted octanol–water partition coefficient (Wildman–Crippen LogP) is 4.98. The monoisotopic (exact) mass is 430 g/mol. The first-order valence-electron chi connectivity index (χ1n) is 10.4. The number of anilines is 1. The quantitative estimate of drug-likeness (QED) is 0.447. The summed E-state index contributed by atoms with van der Waals surface area (Å²) in [6.07, 6.45) is 1.83. The van der Waals surface area contributed by atoms with Gasteiger partial charge in [0.05, 0.1) is 12.1 Å². The number of nitrogens with one attached hydrogen (secondary N) is 1. The van der Waals surface area contributed by atoms with Crippen LogP contribution in [0.2, 0.25) is 0 Å². The van der Waals surface area contributed by atoms with Gasteiger partial charge in [-0.1, -0.05) is 52.7 Å². The number of ether oxygens (including phenoxy) is 1. The summed E-state index contributed by atoms with van der Waals surface area (Å²) >= 11 is 0. The molecule has 0 fully saturated rings. The molecule has 7 heteroatoms. The molecule has 0 radical (unpaired) electrons. The lowest BCUT2D eigenvalue weighted by atomic mass is 10.1. The minimum Gasteiger partial charge on any atom is -0.488 e. The number of nitrogens with zero attached hydrogens (tertiary/aromatic N) is 3. The Morgan fingerprint density at radius 1 is 1.03 bits per heavy atom. The number of carbonyl (C=O) groups is 1. The van der Waals surface area contributed by atoms with Gasteiger partial charge >= 0.3 is 0 Å². The molecule has 0 aliphatic carbocycles. The van der Waals surface area contributed by atoms with Crippen LogP contribution in [0.4, 0.5) is 5.82 Å². The average Bonchev–Trinajstić information content (AvgIpc) is 3.35. The van der Waals surface area contributed by atoms with Gasteiger partial charge in [0.2, 0.25) is 0 Å². The van der Waals surface area contributed by atoms with Gasteiger partial charge in [0.25, 0.3) is 5.91 Å². The topological polar surface area (TPSA) is 82.2 Å². The SMILES string of the molecule is Cc1ccc(Cn2ccc(NC(=O)c3noc(C)c3COc3ccc(C)cc3C)n2)cc1. The van der Waals surface area contributed by atoms with Crippen LogP contribution in [0.5, 0.6) is 5.75 Å². The molecule has 0 unspecified atom stereocenters. The molecule has 1 N–H and O–H groups in total. The number of amides is 1. The Morgan fingerprint density at radius 3 is 2.53 bits per heavy atom. The highest BCUT2D eigenvalue weighted by Gasteiger charge is 2.21. The smallest absolute Gasteiger partial charge is 0.279 e. The second-order valence-electron chi connectivity index (χ2n) is 7.96. The Kier molecular flexibility index (Phi) is 6.07. The molecular weight excluding hydrogens is 404 g/mol. The standard InChI is InChI=1S/C25H26N4O3/c1-16-5-8-20(9-6-16)14-29-12-11-23(27-29)26-25(30)24-21(19(4)32-28-24)15-31-22-10-7-17(2)13-18(22)3/h5-13H,14-15H2,1-4H3,(H,26,27,30). The van der Waals surface area contributed by atoms with Gasteiger partial charge in [-0.05, 0) is 44.9 Å². The van der Waals surface area contributed by atoms with E-state index in [1.165, 1.54) is 5.56 Å². The van der Waals surface area contributed by atoms with Crippen molar-refractivity contribution in [2.75, 3.05) is 5.32 Å². The fourth-order valence-corrected chi connectivity index (χ4v) is 3.42. The lowest BCUT2D eigenvalue weighted by Crippen LogP contribution is -2.16. The molecule has 0 saturated carbocycles. The normalized spacial score (nSPS) is 10.9. The van der Waals surface area contributed by atoms with Crippen molar-refractivity contribution in [2.45, 2.75) is 40.8 Å². The Balaban J connectivity index is 1.43. The van der Waals surface area contributed by atoms with Crippen LogP contribution in [0.3, 0.4) is 0 Å². The molecule has 2 aromatic heterocycles. The van der Waals surface area contributed by atoms with E-state index in [0.29, 0.717) is 23.7 Å². The molecule has 4 aromatic rings. The van der Waals surface area contributed by atoms with Crippen LogP contribution in [0.1, 0.15) is 44.1 Å². The molecule has 0 aliphatic heterocycles. The van der Waals surface area contributed by atoms with Crippen molar-refractivity contribution >= 4 is 11.7 Å². The first-order valence-corrected chi connectivity index (χ1v) is 10.4. The molecule has 0 spiro atoms. The Hall–Kier alpha value is -3.87. The summed E-state index contributed by atoms with van der Waals surface area (Å²) in [4.78, 5) is 12.8. The van der Waals surface area contributed by atoms with Crippen molar-refractivity contribution < 1.29 is 14.1 Å². The summed E-state index contributed by atoms with van der Waals surface area (Å²) in [5.74, 6) is 1.37. The van der Waals surface area contributed by atoms with E-state index < -0.39 is 0 Å². The molecule has 4 rings (SSSR count). The van der Waals surface area contributed by atoms with Crippen LogP contribution in [-0.4, -0.2) is 20.8 Å². The Bertz CT molecular complexity index is 1240. The molecule has 0 bridgehead atoms. The van der Waals surface area contributed by atoms with E-state index in [1.54, 1.807) is 17.7 Å². The number of hydrogen-bond donors (Lipinski definition) is 1. The zero-order chi connectivity index (χ0) is 22.7.